The Hall–Kier alpha value is -2.39. The molecule has 0 amide bonds. The van der Waals surface area contributed by atoms with Crippen LogP contribution in [0.15, 0.2) is 11.4 Å². The predicted molar refractivity (Wildman–Crippen MR) is 39.9 cm³/mol. The van der Waals surface area contributed by atoms with E-state index in [1.807, 2.05) is 0 Å². The minimum absolute atomic E-state index is 0.0643. The van der Waals surface area contributed by atoms with Crippen molar-refractivity contribution >= 4 is 11.9 Å². The highest BCUT2D eigenvalue weighted by Gasteiger charge is 2.01. The Morgan fingerprint density at radius 3 is 2.77 bits per heavy atom. The van der Waals surface area contributed by atoms with Crippen molar-refractivity contribution in [2.75, 3.05) is 5.32 Å². The minimum atomic E-state index is -0.952. The van der Waals surface area contributed by atoms with Gasteiger partial charge in [0, 0.05) is 0 Å². The molecular formula is C3H4N8O2. The van der Waals surface area contributed by atoms with Crippen molar-refractivity contribution in [1.82, 2.24) is 20.4 Å². The Morgan fingerprint density at radius 2 is 2.23 bits per heavy atom. The lowest BCUT2D eigenvalue weighted by Crippen LogP contribution is -2.25. The third-order valence-corrected chi connectivity index (χ3v) is 0.837. The summed E-state index contributed by atoms with van der Waals surface area (Å²) in [4.78, 5) is 9.83. The van der Waals surface area contributed by atoms with E-state index >= 15 is 0 Å². The first-order valence-electron chi connectivity index (χ1n) is 2.94. The van der Waals surface area contributed by atoms with Crippen LogP contribution in [0.4, 0.5) is 5.95 Å². The molecule has 1 aromatic heterocycles. The van der Waals surface area contributed by atoms with E-state index in [0.717, 1.165) is 6.33 Å². The molecule has 0 spiro atoms. The highest BCUT2D eigenvalue weighted by molar-refractivity contribution is 5.89. The van der Waals surface area contributed by atoms with E-state index in [1.54, 1.807) is 0 Å². The summed E-state index contributed by atoms with van der Waals surface area (Å²) >= 11 is 0. The maximum absolute atomic E-state index is 9.83. The van der Waals surface area contributed by atoms with Crippen molar-refractivity contribution in [3.63, 3.8) is 0 Å². The molecule has 0 bridgehead atoms. The van der Waals surface area contributed by atoms with Crippen LogP contribution in [0.3, 0.4) is 0 Å². The summed E-state index contributed by atoms with van der Waals surface area (Å²) in [5, 5.41) is 27.3. The number of nitrogens with one attached hydrogen (secondary N) is 1. The number of nitro groups is 1. The number of nitrogens with zero attached hydrogens (tertiary/aromatic N) is 6. The first-order chi connectivity index (χ1) is 6.18. The van der Waals surface area contributed by atoms with Gasteiger partial charge in [0.15, 0.2) is 11.4 Å². The summed E-state index contributed by atoms with van der Waals surface area (Å²) < 4.78 is 0. The van der Waals surface area contributed by atoms with E-state index in [1.165, 1.54) is 0 Å². The zero-order valence-electron chi connectivity index (χ0n) is 6.15. The number of hydrazone groups is 1. The van der Waals surface area contributed by atoms with Crippen LogP contribution in [-0.2, 0) is 0 Å². The number of hydrogen-bond donors (Lipinski definition) is 2. The molecule has 10 heteroatoms. The summed E-state index contributed by atoms with van der Waals surface area (Å²) in [6, 6.07) is 0. The maximum atomic E-state index is 9.83. The summed E-state index contributed by atoms with van der Waals surface area (Å²) in [5.41, 5.74) is 5.07. The molecule has 0 aliphatic carbocycles. The minimum Gasteiger partial charge on any atom is -0.364 e. The van der Waals surface area contributed by atoms with Crippen LogP contribution in [0, 0.1) is 10.1 Å². The average Bonchev–Trinajstić information content (AvgIpc) is 2.04. The van der Waals surface area contributed by atoms with Gasteiger partial charge in [-0.1, -0.05) is 0 Å². The number of hydrogen-bond acceptors (Lipinski definition) is 6. The summed E-state index contributed by atoms with van der Waals surface area (Å²) in [7, 11) is 0. The van der Waals surface area contributed by atoms with E-state index in [0.29, 0.717) is 0 Å². The molecular weight excluding hydrogens is 180 g/mol. The summed E-state index contributed by atoms with van der Waals surface area (Å²) in [6.45, 7) is 0. The number of rotatable bonds is 2. The van der Waals surface area contributed by atoms with Gasteiger partial charge in [0.25, 0.3) is 11.9 Å². The first-order valence-corrected chi connectivity index (χ1v) is 2.94. The molecule has 1 rings (SSSR count). The molecule has 0 saturated carbocycles. The number of nitrogens with two attached hydrogens (primary N) is 1. The second-order valence-corrected chi connectivity index (χ2v) is 1.72. The quantitative estimate of drug-likeness (QED) is 0.236. The molecule has 0 aliphatic heterocycles. The largest absolute Gasteiger partial charge is 0.364 e. The SMILES string of the molecule is NC(=N[N+](=O)[O-])Nc1nncnn1. The normalized spacial score (nSPS) is 10.9. The molecule has 0 aliphatic rings. The molecule has 3 N–H and O–H groups in total. The zero-order chi connectivity index (χ0) is 9.68. The number of guanidine groups is 1. The Balaban J connectivity index is 2.65. The van der Waals surface area contributed by atoms with Crippen molar-refractivity contribution < 1.29 is 5.03 Å². The van der Waals surface area contributed by atoms with Crippen molar-refractivity contribution in [2.24, 2.45) is 10.8 Å². The van der Waals surface area contributed by atoms with Crippen LogP contribution in [-0.4, -0.2) is 31.4 Å². The van der Waals surface area contributed by atoms with Crippen LogP contribution in [0.2, 0.25) is 0 Å². The number of aromatic nitrogens is 4. The van der Waals surface area contributed by atoms with Crippen LogP contribution < -0.4 is 11.1 Å². The average molecular weight is 184 g/mol. The smallest absolute Gasteiger partial charge is 0.273 e. The molecule has 10 nitrogen and oxygen atoms in total. The molecule has 1 heterocycles. The predicted octanol–water partition coefficient (Wildman–Crippen LogP) is -1.82. The van der Waals surface area contributed by atoms with Crippen molar-refractivity contribution in [3.8, 4) is 0 Å². The van der Waals surface area contributed by atoms with Crippen LogP contribution in [0.5, 0.6) is 0 Å². The molecule has 13 heavy (non-hydrogen) atoms. The lowest BCUT2D eigenvalue weighted by Gasteiger charge is -1.95. The Labute approximate surface area is 71.0 Å². The molecule has 0 saturated heterocycles. The molecule has 0 atom stereocenters. The van der Waals surface area contributed by atoms with Gasteiger partial charge in [-0.3, -0.25) is 5.32 Å². The number of anilines is 1. The van der Waals surface area contributed by atoms with Crippen molar-refractivity contribution in [1.29, 1.82) is 0 Å². The second kappa shape index (κ2) is 3.85. The molecule has 1 aromatic rings. The molecule has 0 fully saturated rings. The van der Waals surface area contributed by atoms with Gasteiger partial charge in [-0.05, 0) is 0 Å². The Morgan fingerprint density at radius 1 is 1.62 bits per heavy atom. The van der Waals surface area contributed by atoms with Crippen LogP contribution in [0.25, 0.3) is 0 Å². The van der Waals surface area contributed by atoms with E-state index in [9.17, 15) is 10.1 Å². The van der Waals surface area contributed by atoms with Gasteiger partial charge < -0.3 is 5.73 Å². The lowest BCUT2D eigenvalue weighted by molar-refractivity contribution is -0.485. The van der Waals surface area contributed by atoms with Gasteiger partial charge in [0.2, 0.25) is 0 Å². The van der Waals surface area contributed by atoms with Crippen LogP contribution >= 0.6 is 0 Å². The highest BCUT2D eigenvalue weighted by atomic mass is 16.7. The highest BCUT2D eigenvalue weighted by Crippen LogP contribution is 1.87. The van der Waals surface area contributed by atoms with Gasteiger partial charge >= 0.3 is 0 Å². The van der Waals surface area contributed by atoms with E-state index in [2.05, 4.69) is 30.8 Å². The van der Waals surface area contributed by atoms with Gasteiger partial charge in [-0.15, -0.1) is 20.4 Å². The second-order valence-electron chi connectivity index (χ2n) is 1.72. The van der Waals surface area contributed by atoms with Gasteiger partial charge in [-0.2, -0.15) is 0 Å². The standard InChI is InChI=1S/C3H4N8O2/c4-2(10-11(12)13)7-3-8-5-1-6-9-3/h1H,(H3,4,7,8,9,10). The molecule has 68 valence electrons. The van der Waals surface area contributed by atoms with E-state index < -0.39 is 11.0 Å². The van der Waals surface area contributed by atoms with E-state index in [-0.39, 0.29) is 5.95 Å². The van der Waals surface area contributed by atoms with Gasteiger partial charge in [0.05, 0.1) is 0 Å². The van der Waals surface area contributed by atoms with Gasteiger partial charge in [0.1, 0.15) is 5.10 Å². The molecule has 0 aromatic carbocycles. The van der Waals surface area contributed by atoms with Gasteiger partial charge in [-0.25, -0.2) is 10.1 Å². The zero-order valence-corrected chi connectivity index (χ0v) is 6.15. The Bertz CT molecular complexity index is 321. The lowest BCUT2D eigenvalue weighted by atomic mass is 10.9. The molecule has 0 unspecified atom stereocenters. The monoisotopic (exact) mass is 184 g/mol. The third kappa shape index (κ3) is 3.00. The topological polar surface area (TPSA) is 145 Å². The summed E-state index contributed by atoms with van der Waals surface area (Å²) in [6.07, 6.45) is 1.10. The van der Waals surface area contributed by atoms with E-state index in [4.69, 9.17) is 5.73 Å². The first kappa shape index (κ1) is 8.70. The fourth-order valence-electron chi connectivity index (χ4n) is 0.482. The maximum Gasteiger partial charge on any atom is 0.273 e. The van der Waals surface area contributed by atoms with Crippen molar-refractivity contribution in [2.45, 2.75) is 0 Å². The summed E-state index contributed by atoms with van der Waals surface area (Å²) in [5.74, 6) is -0.509. The fraction of sp³-hybridized carbons (Fsp3) is 0. The third-order valence-electron chi connectivity index (χ3n) is 0.837. The molecule has 0 radical (unpaired) electrons. The van der Waals surface area contributed by atoms with Crippen molar-refractivity contribution in [3.05, 3.63) is 16.4 Å². The Kier molecular flexibility index (Phi) is 2.58. The van der Waals surface area contributed by atoms with Crippen LogP contribution in [0.1, 0.15) is 0 Å². The fourth-order valence-corrected chi connectivity index (χ4v) is 0.482.